The van der Waals surface area contributed by atoms with Gasteiger partial charge in [0, 0.05) is 13.0 Å². The van der Waals surface area contributed by atoms with Gasteiger partial charge in [0.15, 0.2) is 0 Å². The maximum atomic E-state index is 12.7. The minimum Gasteiger partial charge on any atom is -0.323 e. The number of fused-ring (bicyclic) bond motifs is 3. The minimum absolute atomic E-state index is 0.129. The topological polar surface area (TPSA) is 75.6 Å². The molecule has 2 aromatic carbocycles. The number of nitrogens with one attached hydrogen (secondary N) is 2. The Labute approximate surface area is 165 Å². The molecule has 2 aromatic heterocycles. The fourth-order valence-corrected chi connectivity index (χ4v) is 3.55. The van der Waals surface area contributed by atoms with Crippen LogP contribution in [0.2, 0.25) is 10.0 Å². The van der Waals surface area contributed by atoms with Gasteiger partial charge in [-0.05, 0) is 24.3 Å². The molecule has 8 heteroatoms. The summed E-state index contributed by atoms with van der Waals surface area (Å²) in [6, 6.07) is 8.94. The molecule has 0 fully saturated rings. The predicted molar refractivity (Wildman–Crippen MR) is 110 cm³/mol. The van der Waals surface area contributed by atoms with Crippen LogP contribution >= 0.6 is 23.2 Å². The second kappa shape index (κ2) is 6.55. The highest BCUT2D eigenvalue weighted by Crippen LogP contribution is 2.33. The summed E-state index contributed by atoms with van der Waals surface area (Å²) in [4.78, 5) is 24.8. The van der Waals surface area contributed by atoms with Gasteiger partial charge in [0.2, 0.25) is 5.95 Å². The van der Waals surface area contributed by atoms with E-state index >= 15 is 0 Å². The second-order valence-electron chi connectivity index (χ2n) is 6.65. The van der Waals surface area contributed by atoms with Crippen LogP contribution < -0.4 is 10.9 Å². The van der Waals surface area contributed by atoms with Crippen molar-refractivity contribution in [3.63, 3.8) is 0 Å². The fraction of sp³-hybridized carbons (Fsp3) is 0.211. The number of aromatic nitrogens is 4. The number of aryl methyl sites for hydroxylation is 1. The number of aromatic amines is 1. The predicted octanol–water partition coefficient (Wildman–Crippen LogP) is 4.98. The zero-order valence-electron chi connectivity index (χ0n) is 15.0. The highest BCUT2D eigenvalue weighted by atomic mass is 35.5. The molecule has 0 spiro atoms. The average Bonchev–Trinajstić information content (AvgIpc) is 2.94. The molecule has 0 bridgehead atoms. The maximum absolute atomic E-state index is 12.7. The molecule has 0 saturated heterocycles. The van der Waals surface area contributed by atoms with Gasteiger partial charge in [0.25, 0.3) is 5.56 Å². The standard InChI is InChI=1S/C19H17Cl2N5O/c1-9(2)17-22-12-7-8-13-16(14(12)18(27)25-17)26(3)19(23-13)24-15-10(20)5-4-6-11(15)21/h4-9H,1-3H3,(H,23,24)(H,22,25,27). The molecule has 0 aliphatic heterocycles. The number of halogens is 2. The summed E-state index contributed by atoms with van der Waals surface area (Å²) in [6.07, 6.45) is 0. The summed E-state index contributed by atoms with van der Waals surface area (Å²) in [7, 11) is 1.83. The van der Waals surface area contributed by atoms with E-state index in [1.54, 1.807) is 18.2 Å². The van der Waals surface area contributed by atoms with Crippen LogP contribution in [0.4, 0.5) is 11.6 Å². The van der Waals surface area contributed by atoms with Crippen LogP contribution in [0.5, 0.6) is 0 Å². The highest BCUT2D eigenvalue weighted by molar-refractivity contribution is 6.39. The minimum atomic E-state index is -0.181. The lowest BCUT2D eigenvalue weighted by Crippen LogP contribution is -2.14. The number of imidazole rings is 1. The van der Waals surface area contributed by atoms with Crippen molar-refractivity contribution >= 4 is 56.8 Å². The van der Waals surface area contributed by atoms with Crippen LogP contribution in [0.1, 0.15) is 25.6 Å². The van der Waals surface area contributed by atoms with E-state index < -0.39 is 0 Å². The highest BCUT2D eigenvalue weighted by Gasteiger charge is 2.17. The fourth-order valence-electron chi connectivity index (χ4n) is 3.06. The molecule has 6 nitrogen and oxygen atoms in total. The van der Waals surface area contributed by atoms with Crippen molar-refractivity contribution in [1.29, 1.82) is 0 Å². The first-order valence-corrected chi connectivity index (χ1v) is 9.22. The van der Waals surface area contributed by atoms with Gasteiger partial charge in [-0.25, -0.2) is 9.97 Å². The number of benzene rings is 2. The van der Waals surface area contributed by atoms with E-state index in [1.807, 2.05) is 37.6 Å². The number of anilines is 2. The Hall–Kier alpha value is -2.57. The summed E-state index contributed by atoms with van der Waals surface area (Å²) in [5.74, 6) is 1.32. The molecule has 0 radical (unpaired) electrons. The molecule has 27 heavy (non-hydrogen) atoms. The van der Waals surface area contributed by atoms with Crippen molar-refractivity contribution < 1.29 is 0 Å². The maximum Gasteiger partial charge on any atom is 0.260 e. The summed E-state index contributed by atoms with van der Waals surface area (Å²) in [5.41, 5.74) is 2.40. The monoisotopic (exact) mass is 401 g/mol. The molecule has 138 valence electrons. The van der Waals surface area contributed by atoms with E-state index in [1.165, 1.54) is 0 Å². The van der Waals surface area contributed by atoms with Gasteiger partial charge in [-0.15, -0.1) is 0 Å². The largest absolute Gasteiger partial charge is 0.323 e. The zero-order chi connectivity index (χ0) is 19.3. The SMILES string of the molecule is CC(C)c1nc2ccc3nc(Nc4c(Cl)cccc4Cl)n(C)c3c2c(=O)[nH]1. The molecule has 4 aromatic rings. The molecule has 2 heterocycles. The van der Waals surface area contributed by atoms with Crippen LogP contribution in [0, 0.1) is 0 Å². The van der Waals surface area contributed by atoms with Gasteiger partial charge in [0.05, 0.1) is 37.7 Å². The molecule has 4 rings (SSSR count). The number of hydrogen-bond donors (Lipinski definition) is 2. The van der Waals surface area contributed by atoms with Gasteiger partial charge in [-0.3, -0.25) is 4.79 Å². The molecule has 0 saturated carbocycles. The number of rotatable bonds is 3. The van der Waals surface area contributed by atoms with Crippen molar-refractivity contribution in [2.45, 2.75) is 19.8 Å². The Morgan fingerprint density at radius 1 is 1.07 bits per heavy atom. The van der Waals surface area contributed by atoms with Crippen LogP contribution in [-0.2, 0) is 7.05 Å². The van der Waals surface area contributed by atoms with Gasteiger partial charge in [-0.1, -0.05) is 43.1 Å². The Bertz CT molecular complexity index is 1220. The first-order chi connectivity index (χ1) is 12.9. The number of H-pyrrole nitrogens is 1. The van der Waals surface area contributed by atoms with Gasteiger partial charge < -0.3 is 14.9 Å². The molecule has 0 atom stereocenters. The quantitative estimate of drug-likeness (QED) is 0.507. The number of hydrogen-bond acceptors (Lipinski definition) is 4. The van der Waals surface area contributed by atoms with Crippen molar-refractivity contribution in [3.05, 3.63) is 56.6 Å². The van der Waals surface area contributed by atoms with Gasteiger partial charge in [-0.2, -0.15) is 0 Å². The van der Waals surface area contributed by atoms with E-state index in [9.17, 15) is 4.79 Å². The molecule has 0 amide bonds. The first kappa shape index (κ1) is 17.8. The number of nitrogens with zero attached hydrogens (tertiary/aromatic N) is 3. The molecule has 2 N–H and O–H groups in total. The van der Waals surface area contributed by atoms with Crippen molar-refractivity contribution in [2.24, 2.45) is 7.05 Å². The molecule has 0 aliphatic rings. The second-order valence-corrected chi connectivity index (χ2v) is 7.46. The smallest absolute Gasteiger partial charge is 0.260 e. The Balaban J connectivity index is 1.94. The van der Waals surface area contributed by atoms with Gasteiger partial charge >= 0.3 is 0 Å². The van der Waals surface area contributed by atoms with E-state index in [2.05, 4.69) is 20.3 Å². The van der Waals surface area contributed by atoms with E-state index in [0.717, 1.165) is 0 Å². The summed E-state index contributed by atoms with van der Waals surface area (Å²) in [5, 5.41) is 4.65. The van der Waals surface area contributed by atoms with Crippen LogP contribution in [-0.4, -0.2) is 19.5 Å². The van der Waals surface area contributed by atoms with Crippen LogP contribution in [0.15, 0.2) is 35.1 Å². The van der Waals surface area contributed by atoms with Crippen LogP contribution in [0.3, 0.4) is 0 Å². The third kappa shape index (κ3) is 2.95. The third-order valence-electron chi connectivity index (χ3n) is 4.47. The summed E-state index contributed by atoms with van der Waals surface area (Å²) >= 11 is 12.5. The van der Waals surface area contributed by atoms with E-state index in [0.29, 0.717) is 49.4 Å². The normalized spacial score (nSPS) is 11.6. The van der Waals surface area contributed by atoms with E-state index in [4.69, 9.17) is 23.2 Å². The van der Waals surface area contributed by atoms with Crippen molar-refractivity contribution in [3.8, 4) is 0 Å². The van der Waals surface area contributed by atoms with E-state index in [-0.39, 0.29) is 11.5 Å². The zero-order valence-corrected chi connectivity index (χ0v) is 16.5. The Morgan fingerprint density at radius 3 is 2.41 bits per heavy atom. The van der Waals surface area contributed by atoms with Crippen molar-refractivity contribution in [2.75, 3.05) is 5.32 Å². The Kier molecular flexibility index (Phi) is 4.32. The Morgan fingerprint density at radius 2 is 1.74 bits per heavy atom. The molecule has 0 aliphatic carbocycles. The lowest BCUT2D eigenvalue weighted by molar-refractivity contribution is 0.776. The van der Waals surface area contributed by atoms with Crippen LogP contribution in [0.25, 0.3) is 21.9 Å². The lowest BCUT2D eigenvalue weighted by atomic mass is 10.1. The third-order valence-corrected chi connectivity index (χ3v) is 5.10. The molecular formula is C19H17Cl2N5O. The summed E-state index contributed by atoms with van der Waals surface area (Å²) < 4.78 is 1.81. The van der Waals surface area contributed by atoms with Crippen molar-refractivity contribution in [1.82, 2.24) is 19.5 Å². The molecule has 0 unspecified atom stereocenters. The number of para-hydroxylation sites is 1. The average molecular weight is 402 g/mol. The lowest BCUT2D eigenvalue weighted by Gasteiger charge is -2.10. The molecular weight excluding hydrogens is 385 g/mol. The van der Waals surface area contributed by atoms with Gasteiger partial charge in [0.1, 0.15) is 5.82 Å². The first-order valence-electron chi connectivity index (χ1n) is 8.47. The summed E-state index contributed by atoms with van der Waals surface area (Å²) in [6.45, 7) is 3.98.